The van der Waals surface area contributed by atoms with Crippen LogP contribution < -0.4 is 0 Å². The van der Waals surface area contributed by atoms with E-state index in [4.69, 9.17) is 10.1 Å². The maximum Gasteiger partial charge on any atom is 0.156 e. The van der Waals surface area contributed by atoms with Gasteiger partial charge in [-0.1, -0.05) is 30.3 Å². The molecule has 0 aliphatic rings. The zero-order valence-electron chi connectivity index (χ0n) is 16.0. The number of nitrogens with zero attached hydrogens (tertiary/aromatic N) is 4. The number of aromatic nitrogens is 4. The Morgan fingerprint density at radius 1 is 0.857 bits per heavy atom. The minimum Gasteiger partial charge on any atom is -0.317 e. The molecule has 0 aliphatic heterocycles. The van der Waals surface area contributed by atoms with Crippen molar-refractivity contribution in [3.05, 3.63) is 83.1 Å². The van der Waals surface area contributed by atoms with Gasteiger partial charge in [-0.2, -0.15) is 5.10 Å². The highest BCUT2D eigenvalue weighted by Crippen LogP contribution is 2.34. The Labute approximate surface area is 167 Å². The Hall–Kier alpha value is -3.18. The smallest absolute Gasteiger partial charge is 0.156 e. The second-order valence-electron chi connectivity index (χ2n) is 7.03. The van der Waals surface area contributed by atoms with E-state index in [1.807, 2.05) is 17.5 Å². The first-order valence-electron chi connectivity index (χ1n) is 9.28. The fourth-order valence-electron chi connectivity index (χ4n) is 3.74. The Kier molecular flexibility index (Phi) is 3.91. The molecule has 0 spiro atoms. The topological polar surface area (TPSA) is 35.1 Å². The molecule has 138 valence electrons. The molecule has 28 heavy (non-hydrogen) atoms. The molecule has 0 atom stereocenters. The van der Waals surface area contributed by atoms with Gasteiger partial charge in [0.05, 0.1) is 16.3 Å². The van der Waals surface area contributed by atoms with Gasteiger partial charge in [0.1, 0.15) is 5.69 Å². The van der Waals surface area contributed by atoms with Gasteiger partial charge in [-0.25, -0.2) is 9.50 Å². The highest BCUT2D eigenvalue weighted by molar-refractivity contribution is 7.14. The summed E-state index contributed by atoms with van der Waals surface area (Å²) in [7, 11) is 0. The van der Waals surface area contributed by atoms with Gasteiger partial charge in [0.15, 0.2) is 5.65 Å². The average Bonchev–Trinajstić information content (AvgIpc) is 3.40. The van der Waals surface area contributed by atoms with E-state index >= 15 is 0 Å². The summed E-state index contributed by atoms with van der Waals surface area (Å²) < 4.78 is 4.24. The van der Waals surface area contributed by atoms with Crippen molar-refractivity contribution in [3.63, 3.8) is 0 Å². The molecular formula is C23H20N4S. The summed E-state index contributed by atoms with van der Waals surface area (Å²) in [5.41, 5.74) is 8.62. The number of aryl methyl sites for hydroxylation is 3. The molecule has 0 amide bonds. The lowest BCUT2D eigenvalue weighted by Crippen LogP contribution is -1.99. The second kappa shape index (κ2) is 6.46. The van der Waals surface area contributed by atoms with E-state index in [9.17, 15) is 0 Å². The summed E-state index contributed by atoms with van der Waals surface area (Å²) in [4.78, 5) is 5.88. The van der Waals surface area contributed by atoms with E-state index in [0.717, 1.165) is 33.2 Å². The first-order chi connectivity index (χ1) is 13.6. The minimum atomic E-state index is 0.870. The van der Waals surface area contributed by atoms with Crippen molar-refractivity contribution in [2.45, 2.75) is 20.8 Å². The van der Waals surface area contributed by atoms with E-state index in [2.05, 4.69) is 78.4 Å². The van der Waals surface area contributed by atoms with Crippen LogP contribution in [0.25, 0.3) is 33.2 Å². The molecule has 0 unspecified atom stereocenters. The summed E-state index contributed by atoms with van der Waals surface area (Å²) in [6.07, 6.45) is 0. The predicted molar refractivity (Wildman–Crippen MR) is 115 cm³/mol. The first kappa shape index (κ1) is 17.0. The number of fused-ring (bicyclic) bond motifs is 1. The van der Waals surface area contributed by atoms with Crippen molar-refractivity contribution in [3.8, 4) is 27.5 Å². The van der Waals surface area contributed by atoms with Crippen molar-refractivity contribution in [2.75, 3.05) is 0 Å². The normalized spacial score (nSPS) is 11.4. The van der Waals surface area contributed by atoms with Gasteiger partial charge in [-0.15, -0.1) is 11.3 Å². The number of hydrogen-bond donors (Lipinski definition) is 0. The quantitative estimate of drug-likeness (QED) is 0.392. The van der Waals surface area contributed by atoms with Crippen molar-refractivity contribution in [1.29, 1.82) is 0 Å². The average molecular weight is 385 g/mol. The largest absolute Gasteiger partial charge is 0.317 e. The zero-order valence-corrected chi connectivity index (χ0v) is 16.9. The van der Waals surface area contributed by atoms with Crippen LogP contribution in [0.3, 0.4) is 0 Å². The van der Waals surface area contributed by atoms with E-state index in [-0.39, 0.29) is 0 Å². The molecule has 1 aromatic carbocycles. The molecule has 0 radical (unpaired) electrons. The third-order valence-corrected chi connectivity index (χ3v) is 5.94. The Bertz CT molecular complexity index is 1270. The maximum atomic E-state index is 4.95. The van der Waals surface area contributed by atoms with Gasteiger partial charge in [0.25, 0.3) is 0 Å². The number of rotatable bonds is 3. The van der Waals surface area contributed by atoms with Crippen LogP contribution in [0.1, 0.15) is 17.1 Å². The molecule has 5 rings (SSSR count). The summed E-state index contributed by atoms with van der Waals surface area (Å²) in [5.74, 6) is 0. The first-order valence-corrected chi connectivity index (χ1v) is 10.2. The maximum absolute atomic E-state index is 4.95. The molecule has 5 aromatic rings. The standard InChI is InChI=1S/C23H20N4S/c1-15-13-21(18-7-5-4-6-8-18)27-22(24-15)14-19(25-27)23-20(11-12-28-23)26-16(2)9-10-17(26)3/h4-14H,1-3H3. The zero-order chi connectivity index (χ0) is 19.3. The van der Waals surface area contributed by atoms with Gasteiger partial charge < -0.3 is 4.57 Å². The van der Waals surface area contributed by atoms with E-state index in [0.29, 0.717) is 0 Å². The molecule has 0 aliphatic carbocycles. The summed E-state index contributed by atoms with van der Waals surface area (Å²) in [5, 5.41) is 7.08. The van der Waals surface area contributed by atoms with Crippen molar-refractivity contribution >= 4 is 17.0 Å². The summed E-state index contributed by atoms with van der Waals surface area (Å²) >= 11 is 1.71. The lowest BCUT2D eigenvalue weighted by Gasteiger charge is -2.09. The van der Waals surface area contributed by atoms with Crippen molar-refractivity contribution in [2.24, 2.45) is 0 Å². The monoisotopic (exact) mass is 384 g/mol. The highest BCUT2D eigenvalue weighted by Gasteiger charge is 2.17. The van der Waals surface area contributed by atoms with Gasteiger partial charge in [0.2, 0.25) is 0 Å². The van der Waals surface area contributed by atoms with Crippen LogP contribution in [-0.4, -0.2) is 19.2 Å². The molecule has 0 saturated heterocycles. The Morgan fingerprint density at radius 3 is 2.36 bits per heavy atom. The van der Waals surface area contributed by atoms with Gasteiger partial charge >= 0.3 is 0 Å². The van der Waals surface area contributed by atoms with Gasteiger partial charge in [0, 0.05) is 28.7 Å². The fourth-order valence-corrected chi connectivity index (χ4v) is 4.58. The fraction of sp³-hybridized carbons (Fsp3) is 0.130. The predicted octanol–water partition coefficient (Wildman–Crippen LogP) is 5.84. The van der Waals surface area contributed by atoms with E-state index in [1.54, 1.807) is 11.3 Å². The van der Waals surface area contributed by atoms with E-state index in [1.165, 1.54) is 17.1 Å². The van der Waals surface area contributed by atoms with Crippen LogP contribution in [0.5, 0.6) is 0 Å². The van der Waals surface area contributed by atoms with Crippen LogP contribution in [0.2, 0.25) is 0 Å². The van der Waals surface area contributed by atoms with Crippen LogP contribution in [0.4, 0.5) is 0 Å². The third kappa shape index (κ3) is 2.67. The summed E-state index contributed by atoms with van der Waals surface area (Å²) in [6, 6.07) is 21.0. The minimum absolute atomic E-state index is 0.870. The number of benzene rings is 1. The Balaban J connectivity index is 1.72. The number of hydrogen-bond acceptors (Lipinski definition) is 3. The molecule has 5 heteroatoms. The SMILES string of the molecule is Cc1cc(-c2ccccc2)n2nc(-c3sccc3-n3c(C)ccc3C)cc2n1. The molecule has 4 aromatic heterocycles. The van der Waals surface area contributed by atoms with Crippen LogP contribution in [0, 0.1) is 20.8 Å². The van der Waals surface area contributed by atoms with Crippen LogP contribution >= 0.6 is 11.3 Å². The molecule has 0 saturated carbocycles. The number of thiophene rings is 1. The molecule has 0 bridgehead atoms. The highest BCUT2D eigenvalue weighted by atomic mass is 32.1. The molecular weight excluding hydrogens is 364 g/mol. The summed E-state index contributed by atoms with van der Waals surface area (Å²) in [6.45, 7) is 6.30. The Morgan fingerprint density at radius 2 is 1.61 bits per heavy atom. The molecule has 0 fully saturated rings. The molecule has 4 heterocycles. The lowest BCUT2D eigenvalue weighted by atomic mass is 10.1. The lowest BCUT2D eigenvalue weighted by molar-refractivity contribution is 0.938. The molecule has 4 nitrogen and oxygen atoms in total. The second-order valence-corrected chi connectivity index (χ2v) is 7.95. The third-order valence-electron chi connectivity index (χ3n) is 5.01. The van der Waals surface area contributed by atoms with Crippen LogP contribution in [-0.2, 0) is 0 Å². The van der Waals surface area contributed by atoms with Gasteiger partial charge in [-0.05, 0) is 50.4 Å². The van der Waals surface area contributed by atoms with Crippen molar-refractivity contribution < 1.29 is 0 Å². The van der Waals surface area contributed by atoms with Crippen molar-refractivity contribution in [1.82, 2.24) is 19.2 Å². The van der Waals surface area contributed by atoms with E-state index < -0.39 is 0 Å². The van der Waals surface area contributed by atoms with Crippen LogP contribution in [0.15, 0.2) is 66.0 Å². The molecule has 0 N–H and O–H groups in total. The van der Waals surface area contributed by atoms with Gasteiger partial charge in [-0.3, -0.25) is 0 Å².